The SMILES string of the molecule is O=C(COP)Cn1c(=O)c2ccc(F)cc2c2cnccc21. The molecule has 5 nitrogen and oxygen atoms in total. The predicted octanol–water partition coefficient (Wildman–Crippen LogP) is 2.06. The van der Waals surface area contributed by atoms with Gasteiger partial charge in [0.1, 0.15) is 12.4 Å². The van der Waals surface area contributed by atoms with Crippen molar-refractivity contribution >= 4 is 36.9 Å². The first kappa shape index (κ1) is 14.8. The first-order valence-electron chi connectivity index (χ1n) is 6.51. The second kappa shape index (κ2) is 5.91. The number of fused-ring (bicyclic) bond motifs is 3. The van der Waals surface area contributed by atoms with Crippen LogP contribution in [0.2, 0.25) is 0 Å². The second-order valence-corrected chi connectivity index (χ2v) is 5.16. The molecule has 0 aliphatic carbocycles. The van der Waals surface area contributed by atoms with E-state index < -0.39 is 5.82 Å². The highest BCUT2D eigenvalue weighted by Gasteiger charge is 2.13. The molecule has 0 amide bonds. The first-order chi connectivity index (χ1) is 10.6. The van der Waals surface area contributed by atoms with Crippen LogP contribution in [0.15, 0.2) is 41.5 Å². The zero-order valence-corrected chi connectivity index (χ0v) is 12.6. The van der Waals surface area contributed by atoms with E-state index in [4.69, 9.17) is 4.52 Å². The molecular weight excluding hydrogens is 306 g/mol. The van der Waals surface area contributed by atoms with Crippen LogP contribution < -0.4 is 5.56 Å². The van der Waals surface area contributed by atoms with Crippen LogP contribution in [-0.2, 0) is 15.9 Å². The number of benzene rings is 1. The molecule has 2 aromatic heterocycles. The summed E-state index contributed by atoms with van der Waals surface area (Å²) in [4.78, 5) is 28.5. The lowest BCUT2D eigenvalue weighted by molar-refractivity contribution is -0.121. The number of halogens is 1. The number of carbonyl (C=O) groups is 1. The van der Waals surface area contributed by atoms with Crippen molar-refractivity contribution in [1.82, 2.24) is 9.55 Å². The van der Waals surface area contributed by atoms with Crippen molar-refractivity contribution in [3.8, 4) is 0 Å². The summed E-state index contributed by atoms with van der Waals surface area (Å²) in [5, 5.41) is 1.46. The summed E-state index contributed by atoms with van der Waals surface area (Å²) in [5.74, 6) is -0.668. The van der Waals surface area contributed by atoms with E-state index >= 15 is 0 Å². The lowest BCUT2D eigenvalue weighted by Gasteiger charge is -2.12. The van der Waals surface area contributed by atoms with Crippen LogP contribution in [0.3, 0.4) is 0 Å². The van der Waals surface area contributed by atoms with Crippen molar-refractivity contribution in [2.24, 2.45) is 0 Å². The minimum Gasteiger partial charge on any atom is -0.358 e. The largest absolute Gasteiger partial charge is 0.358 e. The third kappa shape index (κ3) is 2.51. The Morgan fingerprint density at radius 1 is 1.27 bits per heavy atom. The number of pyridine rings is 2. The topological polar surface area (TPSA) is 61.2 Å². The lowest BCUT2D eigenvalue weighted by atomic mass is 10.1. The summed E-state index contributed by atoms with van der Waals surface area (Å²) >= 11 is 0. The Kier molecular flexibility index (Phi) is 3.96. The van der Waals surface area contributed by atoms with E-state index in [2.05, 4.69) is 4.98 Å². The Bertz CT molecular complexity index is 939. The molecule has 0 N–H and O–H groups in total. The number of nitrogens with zero attached hydrogens (tertiary/aromatic N) is 2. The summed E-state index contributed by atoms with van der Waals surface area (Å²) in [6, 6.07) is 5.59. The minimum absolute atomic E-state index is 0.106. The van der Waals surface area contributed by atoms with E-state index in [0.29, 0.717) is 21.7 Å². The van der Waals surface area contributed by atoms with Gasteiger partial charge in [0.05, 0.1) is 12.1 Å². The van der Waals surface area contributed by atoms with Crippen molar-refractivity contribution in [2.45, 2.75) is 6.54 Å². The van der Waals surface area contributed by atoms with Gasteiger partial charge in [0.2, 0.25) is 0 Å². The van der Waals surface area contributed by atoms with E-state index in [9.17, 15) is 14.0 Å². The van der Waals surface area contributed by atoms with E-state index in [1.807, 2.05) is 9.47 Å². The third-order valence-electron chi connectivity index (χ3n) is 3.41. The Labute approximate surface area is 127 Å². The highest BCUT2D eigenvalue weighted by atomic mass is 31.0. The molecule has 22 heavy (non-hydrogen) atoms. The van der Waals surface area contributed by atoms with Crippen LogP contribution in [0.1, 0.15) is 0 Å². The maximum absolute atomic E-state index is 13.5. The van der Waals surface area contributed by atoms with Crippen molar-refractivity contribution in [2.75, 3.05) is 6.61 Å². The van der Waals surface area contributed by atoms with Crippen molar-refractivity contribution in [3.05, 3.63) is 52.8 Å². The minimum atomic E-state index is -0.428. The molecule has 1 unspecified atom stereocenters. The fourth-order valence-electron chi connectivity index (χ4n) is 2.48. The van der Waals surface area contributed by atoms with E-state index in [1.165, 1.54) is 29.0 Å². The van der Waals surface area contributed by atoms with Gasteiger partial charge in [-0.3, -0.25) is 14.6 Å². The Morgan fingerprint density at radius 2 is 2.09 bits per heavy atom. The fourth-order valence-corrected chi connectivity index (χ4v) is 2.67. The number of ketones is 1. The summed E-state index contributed by atoms with van der Waals surface area (Å²) < 4.78 is 19.6. The molecule has 112 valence electrons. The molecule has 3 aromatic rings. The van der Waals surface area contributed by atoms with Crippen LogP contribution in [0.4, 0.5) is 4.39 Å². The molecule has 0 saturated heterocycles. The third-order valence-corrected chi connectivity index (χ3v) is 3.58. The highest BCUT2D eigenvalue weighted by molar-refractivity contribution is 7.09. The maximum Gasteiger partial charge on any atom is 0.259 e. The number of Topliss-reactive ketones (excluding diaryl/α,β-unsaturated/α-hetero) is 1. The maximum atomic E-state index is 13.5. The zero-order chi connectivity index (χ0) is 15.7. The van der Waals surface area contributed by atoms with Crippen LogP contribution in [0, 0.1) is 5.82 Å². The molecule has 1 atom stereocenters. The average Bonchev–Trinajstić information content (AvgIpc) is 2.51. The van der Waals surface area contributed by atoms with Crippen LogP contribution in [-0.4, -0.2) is 21.9 Å². The quantitative estimate of drug-likeness (QED) is 0.546. The molecule has 0 radical (unpaired) electrons. The van der Waals surface area contributed by atoms with Crippen molar-refractivity contribution < 1.29 is 13.7 Å². The van der Waals surface area contributed by atoms with Gasteiger partial charge in [-0.1, -0.05) is 0 Å². The van der Waals surface area contributed by atoms with Gasteiger partial charge >= 0.3 is 0 Å². The van der Waals surface area contributed by atoms with Crippen LogP contribution >= 0.6 is 9.47 Å². The van der Waals surface area contributed by atoms with E-state index in [1.54, 1.807) is 12.3 Å². The fraction of sp³-hybridized carbons (Fsp3) is 0.133. The highest BCUT2D eigenvalue weighted by Crippen LogP contribution is 2.22. The van der Waals surface area contributed by atoms with Crippen molar-refractivity contribution in [3.63, 3.8) is 0 Å². The van der Waals surface area contributed by atoms with Gasteiger partial charge in [0, 0.05) is 38.0 Å². The molecule has 0 spiro atoms. The Balaban J connectivity index is 2.35. The molecule has 1 aromatic carbocycles. The number of hydrogen-bond donors (Lipinski definition) is 0. The molecule has 0 saturated carbocycles. The number of aromatic nitrogens is 2. The smallest absolute Gasteiger partial charge is 0.259 e. The standard InChI is InChI=1S/C15H12FN2O3P/c16-9-1-2-11-12(5-9)13-6-17-4-3-14(13)18(15(11)20)7-10(19)8-21-22/h1-6H,7-8,22H2. The summed E-state index contributed by atoms with van der Waals surface area (Å²) in [7, 11) is 2.00. The molecule has 0 aliphatic rings. The van der Waals surface area contributed by atoms with Gasteiger partial charge in [-0.2, -0.15) is 0 Å². The predicted molar refractivity (Wildman–Crippen MR) is 84.1 cm³/mol. The number of carbonyl (C=O) groups excluding carboxylic acids is 1. The average molecular weight is 318 g/mol. The molecule has 7 heteroatoms. The molecule has 3 rings (SSSR count). The number of rotatable bonds is 4. The summed E-state index contributed by atoms with van der Waals surface area (Å²) in [5.41, 5.74) is 0.195. The second-order valence-electron chi connectivity index (χ2n) is 4.82. The monoisotopic (exact) mass is 318 g/mol. The summed E-state index contributed by atoms with van der Waals surface area (Å²) in [6.07, 6.45) is 3.09. The van der Waals surface area contributed by atoms with Gasteiger partial charge in [0.25, 0.3) is 5.56 Å². The molecule has 2 heterocycles. The Hall–Kier alpha value is -2.17. The van der Waals surface area contributed by atoms with Gasteiger partial charge in [-0.15, -0.1) is 0 Å². The summed E-state index contributed by atoms with van der Waals surface area (Å²) in [6.45, 7) is -0.216. The number of hydrogen-bond acceptors (Lipinski definition) is 4. The molecule has 0 fully saturated rings. The van der Waals surface area contributed by atoms with Gasteiger partial charge in [-0.25, -0.2) is 4.39 Å². The van der Waals surface area contributed by atoms with Gasteiger partial charge in [0.15, 0.2) is 5.78 Å². The van der Waals surface area contributed by atoms with Crippen LogP contribution in [0.25, 0.3) is 21.7 Å². The van der Waals surface area contributed by atoms with Gasteiger partial charge < -0.3 is 9.09 Å². The van der Waals surface area contributed by atoms with E-state index in [-0.39, 0.29) is 24.5 Å². The zero-order valence-electron chi connectivity index (χ0n) is 11.5. The van der Waals surface area contributed by atoms with E-state index in [0.717, 1.165) is 0 Å². The van der Waals surface area contributed by atoms with Crippen LogP contribution in [0.5, 0.6) is 0 Å². The Morgan fingerprint density at radius 3 is 2.86 bits per heavy atom. The normalized spacial score (nSPS) is 11.2. The molecule has 0 bridgehead atoms. The molecule has 0 aliphatic heterocycles. The van der Waals surface area contributed by atoms with Crippen molar-refractivity contribution in [1.29, 1.82) is 0 Å². The lowest BCUT2D eigenvalue weighted by Crippen LogP contribution is -2.26. The molecular formula is C15H12FN2O3P. The van der Waals surface area contributed by atoms with Gasteiger partial charge in [-0.05, 0) is 24.3 Å². The first-order valence-corrected chi connectivity index (χ1v) is 6.98.